The van der Waals surface area contributed by atoms with Crippen LogP contribution >= 0.6 is 0 Å². The van der Waals surface area contributed by atoms with Crippen LogP contribution in [0.15, 0.2) is 66.1 Å². The monoisotopic (exact) mass is 513 g/mol. The summed E-state index contributed by atoms with van der Waals surface area (Å²) in [6.45, 7) is 1.50. The van der Waals surface area contributed by atoms with Crippen LogP contribution in [-0.2, 0) is 23.1 Å². The molecule has 0 spiro atoms. The van der Waals surface area contributed by atoms with E-state index in [4.69, 9.17) is 0 Å². The van der Waals surface area contributed by atoms with Crippen molar-refractivity contribution in [2.24, 2.45) is 7.05 Å². The number of aromatic nitrogens is 7. The molecule has 0 saturated carbocycles. The number of sulfone groups is 1. The van der Waals surface area contributed by atoms with Crippen LogP contribution in [0.5, 0.6) is 0 Å². The van der Waals surface area contributed by atoms with Crippen LogP contribution in [0, 0.1) is 0 Å². The number of rotatable bonds is 5. The van der Waals surface area contributed by atoms with Crippen molar-refractivity contribution in [1.82, 2.24) is 34.3 Å². The second-order valence-corrected chi connectivity index (χ2v) is 10.1. The Kier molecular flexibility index (Phi) is 5.58. The fraction of sp³-hybridized carbons (Fsp3) is 0.174. The predicted molar refractivity (Wildman–Crippen MR) is 125 cm³/mol. The third-order valence-electron chi connectivity index (χ3n) is 5.60. The normalized spacial score (nSPS) is 12.4. The van der Waals surface area contributed by atoms with Crippen molar-refractivity contribution in [3.63, 3.8) is 0 Å². The summed E-state index contributed by atoms with van der Waals surface area (Å²) < 4.78 is 68.4. The minimum absolute atomic E-state index is 0.0116. The summed E-state index contributed by atoms with van der Waals surface area (Å²) in [6.07, 6.45) is 1.40. The van der Waals surface area contributed by atoms with Gasteiger partial charge >= 0.3 is 6.18 Å². The van der Waals surface area contributed by atoms with E-state index in [0.29, 0.717) is 16.9 Å². The molecule has 5 rings (SSSR count). The van der Waals surface area contributed by atoms with E-state index in [2.05, 4.69) is 25.0 Å². The first-order chi connectivity index (χ1) is 17.1. The predicted octanol–water partition coefficient (Wildman–Crippen LogP) is 4.09. The lowest BCUT2D eigenvalue weighted by atomic mass is 10.2. The zero-order valence-corrected chi connectivity index (χ0v) is 19.8. The van der Waals surface area contributed by atoms with Gasteiger partial charge in [-0.05, 0) is 36.4 Å². The van der Waals surface area contributed by atoms with E-state index in [1.54, 1.807) is 42.5 Å². The number of halogens is 3. The molecule has 0 aromatic carbocycles. The molecule has 36 heavy (non-hydrogen) atoms. The van der Waals surface area contributed by atoms with Crippen LogP contribution in [0.4, 0.5) is 13.2 Å². The average Bonchev–Trinajstić information content (AvgIpc) is 3.49. The van der Waals surface area contributed by atoms with E-state index < -0.39 is 21.7 Å². The Labute approximate surface area is 203 Å². The Morgan fingerprint density at radius 3 is 2.53 bits per heavy atom. The third kappa shape index (κ3) is 4.11. The lowest BCUT2D eigenvalue weighted by molar-refractivity contribution is -0.141. The maximum Gasteiger partial charge on any atom is 0.433 e. The summed E-state index contributed by atoms with van der Waals surface area (Å²) >= 11 is 0. The third-order valence-corrected chi connectivity index (χ3v) is 7.36. The number of alkyl halides is 3. The van der Waals surface area contributed by atoms with Gasteiger partial charge in [0.05, 0.1) is 45.5 Å². The summed E-state index contributed by atoms with van der Waals surface area (Å²) in [5, 5.41) is 4.50. The second kappa shape index (κ2) is 8.52. The van der Waals surface area contributed by atoms with Gasteiger partial charge in [0.15, 0.2) is 15.7 Å². The highest BCUT2D eigenvalue weighted by molar-refractivity contribution is 7.91. The van der Waals surface area contributed by atoms with Crippen molar-refractivity contribution in [1.29, 1.82) is 0 Å². The smallest absolute Gasteiger partial charge is 0.324 e. The minimum Gasteiger partial charge on any atom is -0.324 e. The highest BCUT2D eigenvalue weighted by atomic mass is 32.2. The molecule has 0 radical (unpaired) electrons. The van der Waals surface area contributed by atoms with Gasteiger partial charge in [-0.2, -0.15) is 18.3 Å². The molecule has 0 aliphatic rings. The van der Waals surface area contributed by atoms with Crippen molar-refractivity contribution in [2.75, 3.05) is 5.75 Å². The number of imidazole rings is 1. The highest BCUT2D eigenvalue weighted by Gasteiger charge is 2.33. The van der Waals surface area contributed by atoms with E-state index in [9.17, 15) is 21.6 Å². The fourth-order valence-electron chi connectivity index (χ4n) is 3.70. The lowest BCUT2D eigenvalue weighted by Gasteiger charge is -2.10. The van der Waals surface area contributed by atoms with Crippen LogP contribution in [0.1, 0.15) is 12.6 Å². The van der Waals surface area contributed by atoms with E-state index in [0.717, 1.165) is 18.0 Å². The summed E-state index contributed by atoms with van der Waals surface area (Å²) in [6, 6.07) is 9.07. The van der Waals surface area contributed by atoms with Crippen LogP contribution in [0.2, 0.25) is 0 Å². The van der Waals surface area contributed by atoms with Gasteiger partial charge in [0.25, 0.3) is 0 Å². The first kappa shape index (κ1) is 23.6. The molecular formula is C23H18F3N7O2S. The second-order valence-electron chi connectivity index (χ2n) is 7.85. The van der Waals surface area contributed by atoms with Gasteiger partial charge < -0.3 is 4.57 Å². The molecular weight excluding hydrogens is 495 g/mol. The van der Waals surface area contributed by atoms with Crippen molar-refractivity contribution >= 4 is 20.9 Å². The standard InChI is InChI=1S/C23H18F3N7O2S/c1-3-36(34,35)19-7-6-15(16-8-10-33(31-16)14-5-4-9-27-12-14)29-21(19)22-30-17-11-20(23(24,25)26)28-13-18(17)32(22)2/h4-13H,3H2,1-2H3. The number of aryl methyl sites for hydroxylation is 1. The molecule has 5 heterocycles. The first-order valence-electron chi connectivity index (χ1n) is 10.7. The minimum atomic E-state index is -4.64. The lowest BCUT2D eigenvalue weighted by Crippen LogP contribution is -2.09. The molecule has 13 heteroatoms. The van der Waals surface area contributed by atoms with Crippen molar-refractivity contribution in [3.8, 4) is 28.6 Å². The van der Waals surface area contributed by atoms with Gasteiger partial charge in [0, 0.05) is 19.4 Å². The Morgan fingerprint density at radius 2 is 1.83 bits per heavy atom. The summed E-state index contributed by atoms with van der Waals surface area (Å²) in [5.74, 6) is -0.105. The molecule has 0 saturated heterocycles. The van der Waals surface area contributed by atoms with Gasteiger partial charge in [-0.3, -0.25) is 4.98 Å². The molecule has 5 aromatic heterocycles. The van der Waals surface area contributed by atoms with Gasteiger partial charge in [-0.1, -0.05) is 6.92 Å². The quantitative estimate of drug-likeness (QED) is 0.348. The number of nitrogens with zero attached hydrogens (tertiary/aromatic N) is 7. The molecule has 0 unspecified atom stereocenters. The van der Waals surface area contributed by atoms with E-state index in [-0.39, 0.29) is 27.7 Å². The number of hydrogen-bond acceptors (Lipinski definition) is 7. The van der Waals surface area contributed by atoms with Crippen molar-refractivity contribution in [2.45, 2.75) is 18.0 Å². The zero-order chi connectivity index (χ0) is 25.7. The van der Waals surface area contributed by atoms with Gasteiger partial charge in [-0.25, -0.2) is 28.1 Å². The largest absolute Gasteiger partial charge is 0.433 e. The zero-order valence-electron chi connectivity index (χ0n) is 19.0. The van der Waals surface area contributed by atoms with Crippen LogP contribution in [-0.4, -0.2) is 48.5 Å². The molecule has 0 amide bonds. The molecule has 184 valence electrons. The molecule has 0 fully saturated rings. The van der Waals surface area contributed by atoms with Crippen LogP contribution in [0.3, 0.4) is 0 Å². The van der Waals surface area contributed by atoms with E-state index >= 15 is 0 Å². The molecule has 0 aliphatic carbocycles. The summed E-state index contributed by atoms with van der Waals surface area (Å²) in [7, 11) is -2.18. The molecule has 0 bridgehead atoms. The Bertz CT molecular complexity index is 1690. The van der Waals surface area contributed by atoms with E-state index in [1.165, 1.54) is 23.6 Å². The Morgan fingerprint density at radius 1 is 1.03 bits per heavy atom. The summed E-state index contributed by atoms with van der Waals surface area (Å²) in [5.41, 5.74) is 0.775. The maximum absolute atomic E-state index is 13.2. The van der Waals surface area contributed by atoms with Crippen LogP contribution < -0.4 is 0 Å². The number of fused-ring (bicyclic) bond motifs is 1. The average molecular weight is 514 g/mol. The topological polar surface area (TPSA) is 108 Å². The molecule has 5 aromatic rings. The molecule has 9 nitrogen and oxygen atoms in total. The molecule has 0 aliphatic heterocycles. The van der Waals surface area contributed by atoms with Crippen molar-refractivity contribution in [3.05, 3.63) is 66.9 Å². The Hall–Kier alpha value is -4.13. The van der Waals surface area contributed by atoms with Gasteiger partial charge in [-0.15, -0.1) is 0 Å². The number of hydrogen-bond donors (Lipinski definition) is 0. The van der Waals surface area contributed by atoms with E-state index in [1.807, 2.05) is 6.07 Å². The Balaban J connectivity index is 1.69. The fourth-order valence-corrected chi connectivity index (χ4v) is 4.72. The van der Waals surface area contributed by atoms with Crippen LogP contribution in [0.25, 0.3) is 39.6 Å². The first-order valence-corrected chi connectivity index (χ1v) is 12.3. The highest BCUT2D eigenvalue weighted by Crippen LogP contribution is 2.33. The molecule has 0 N–H and O–H groups in total. The van der Waals surface area contributed by atoms with Gasteiger partial charge in [0.2, 0.25) is 0 Å². The van der Waals surface area contributed by atoms with Crippen molar-refractivity contribution < 1.29 is 21.6 Å². The SMILES string of the molecule is CCS(=O)(=O)c1ccc(-c2ccn(-c3cccnc3)n2)nc1-c1nc2cc(C(F)(F)F)ncc2n1C. The number of pyridine rings is 3. The van der Waals surface area contributed by atoms with Gasteiger partial charge in [0.1, 0.15) is 17.1 Å². The summed E-state index contributed by atoms with van der Waals surface area (Å²) in [4.78, 5) is 16.4. The maximum atomic E-state index is 13.2. The molecule has 0 atom stereocenters.